The first-order valence-electron chi connectivity index (χ1n) is 7.07. The monoisotopic (exact) mass is 291 g/mol. The second-order valence-corrected chi connectivity index (χ2v) is 5.70. The Morgan fingerprint density at radius 1 is 1.30 bits per heavy atom. The number of hydrogen-bond donors (Lipinski definition) is 1. The Balaban J connectivity index is 1.85. The molecule has 0 radical (unpaired) electrons. The standard InChI is InChI=1S/C15H18ClN3O/c1-10-6-7-11(12(16)9-10)15-18-14(19-20-15)13-5-3-2-4-8-17-13/h6-7,9,13,17H,2-5,8H2,1H3. The average molecular weight is 292 g/mol. The van der Waals surface area contributed by atoms with E-state index >= 15 is 0 Å². The highest BCUT2D eigenvalue weighted by Gasteiger charge is 2.20. The molecule has 5 heteroatoms. The fourth-order valence-electron chi connectivity index (χ4n) is 2.53. The van der Waals surface area contributed by atoms with Gasteiger partial charge in [-0.3, -0.25) is 0 Å². The Bertz CT molecular complexity index is 589. The van der Waals surface area contributed by atoms with Crippen LogP contribution in [0.4, 0.5) is 0 Å². The fourth-order valence-corrected chi connectivity index (χ4v) is 2.84. The van der Waals surface area contributed by atoms with E-state index in [9.17, 15) is 0 Å². The van der Waals surface area contributed by atoms with Crippen molar-refractivity contribution in [1.29, 1.82) is 0 Å². The van der Waals surface area contributed by atoms with E-state index in [1.165, 1.54) is 19.3 Å². The van der Waals surface area contributed by atoms with Gasteiger partial charge in [0, 0.05) is 0 Å². The van der Waals surface area contributed by atoms with E-state index in [1.54, 1.807) is 0 Å². The van der Waals surface area contributed by atoms with Crippen LogP contribution in [-0.2, 0) is 0 Å². The van der Waals surface area contributed by atoms with Crippen molar-refractivity contribution < 1.29 is 4.52 Å². The molecule has 1 aromatic carbocycles. The molecule has 1 N–H and O–H groups in total. The summed E-state index contributed by atoms with van der Waals surface area (Å²) in [7, 11) is 0. The van der Waals surface area contributed by atoms with Gasteiger partial charge in [-0.2, -0.15) is 4.98 Å². The molecule has 1 aromatic heterocycles. The van der Waals surface area contributed by atoms with Crippen LogP contribution in [0.3, 0.4) is 0 Å². The highest BCUT2D eigenvalue weighted by Crippen LogP contribution is 2.29. The van der Waals surface area contributed by atoms with Crippen molar-refractivity contribution in [2.45, 2.75) is 38.6 Å². The van der Waals surface area contributed by atoms with E-state index in [0.29, 0.717) is 10.9 Å². The third-order valence-electron chi connectivity index (χ3n) is 3.67. The highest BCUT2D eigenvalue weighted by atomic mass is 35.5. The Morgan fingerprint density at radius 3 is 3.05 bits per heavy atom. The van der Waals surface area contributed by atoms with E-state index in [4.69, 9.17) is 16.1 Å². The first kappa shape index (κ1) is 13.6. The van der Waals surface area contributed by atoms with Gasteiger partial charge in [0.05, 0.1) is 16.6 Å². The molecular formula is C15H18ClN3O. The number of aromatic nitrogens is 2. The third-order valence-corrected chi connectivity index (χ3v) is 3.98. The summed E-state index contributed by atoms with van der Waals surface area (Å²) in [4.78, 5) is 4.51. The zero-order valence-corrected chi connectivity index (χ0v) is 12.3. The molecule has 0 amide bonds. The summed E-state index contributed by atoms with van der Waals surface area (Å²) in [6, 6.07) is 6.02. The van der Waals surface area contributed by atoms with Crippen molar-refractivity contribution in [1.82, 2.24) is 15.5 Å². The molecule has 2 heterocycles. The van der Waals surface area contributed by atoms with Gasteiger partial charge in [0.1, 0.15) is 0 Å². The molecule has 0 spiro atoms. The molecule has 106 valence electrons. The summed E-state index contributed by atoms with van der Waals surface area (Å²) in [5, 5.41) is 8.23. The molecule has 0 saturated carbocycles. The molecule has 1 fully saturated rings. The van der Waals surface area contributed by atoms with Crippen molar-refractivity contribution in [2.75, 3.05) is 6.54 Å². The lowest BCUT2D eigenvalue weighted by Crippen LogP contribution is -2.21. The lowest BCUT2D eigenvalue weighted by Gasteiger charge is -2.09. The molecule has 0 aliphatic carbocycles. The fraction of sp³-hybridized carbons (Fsp3) is 0.467. The molecule has 20 heavy (non-hydrogen) atoms. The van der Waals surface area contributed by atoms with Crippen LogP contribution in [0.1, 0.15) is 43.1 Å². The maximum atomic E-state index is 6.24. The summed E-state index contributed by atoms with van der Waals surface area (Å²) in [6.45, 7) is 3.02. The van der Waals surface area contributed by atoms with Gasteiger partial charge in [-0.05, 0) is 44.0 Å². The van der Waals surface area contributed by atoms with Gasteiger partial charge in [-0.15, -0.1) is 0 Å². The van der Waals surface area contributed by atoms with Crippen molar-refractivity contribution in [3.05, 3.63) is 34.6 Å². The van der Waals surface area contributed by atoms with Crippen LogP contribution in [0.2, 0.25) is 5.02 Å². The Morgan fingerprint density at radius 2 is 2.20 bits per heavy atom. The minimum atomic E-state index is 0.194. The smallest absolute Gasteiger partial charge is 0.259 e. The molecule has 1 saturated heterocycles. The summed E-state index contributed by atoms with van der Waals surface area (Å²) >= 11 is 6.24. The third kappa shape index (κ3) is 2.86. The Labute approximate surface area is 123 Å². The van der Waals surface area contributed by atoms with Crippen LogP contribution in [0.25, 0.3) is 11.5 Å². The zero-order chi connectivity index (χ0) is 13.9. The van der Waals surface area contributed by atoms with Crippen molar-refractivity contribution >= 4 is 11.6 Å². The van der Waals surface area contributed by atoms with Gasteiger partial charge in [0.25, 0.3) is 5.89 Å². The quantitative estimate of drug-likeness (QED) is 0.911. The highest BCUT2D eigenvalue weighted by molar-refractivity contribution is 6.33. The van der Waals surface area contributed by atoms with E-state index in [1.807, 2.05) is 25.1 Å². The van der Waals surface area contributed by atoms with E-state index in [-0.39, 0.29) is 6.04 Å². The van der Waals surface area contributed by atoms with Crippen LogP contribution in [0.15, 0.2) is 22.7 Å². The lowest BCUT2D eigenvalue weighted by atomic mass is 10.1. The molecule has 3 rings (SSSR count). The van der Waals surface area contributed by atoms with Crippen molar-refractivity contribution in [3.8, 4) is 11.5 Å². The minimum Gasteiger partial charge on any atom is -0.334 e. The van der Waals surface area contributed by atoms with Crippen molar-refractivity contribution in [3.63, 3.8) is 0 Å². The van der Waals surface area contributed by atoms with Crippen LogP contribution in [0, 0.1) is 6.92 Å². The number of nitrogens with one attached hydrogen (secondary N) is 1. The SMILES string of the molecule is Cc1ccc(-c2nc(C3CCCCCN3)no2)c(Cl)c1. The van der Waals surface area contributed by atoms with Gasteiger partial charge in [-0.1, -0.05) is 35.7 Å². The second-order valence-electron chi connectivity index (χ2n) is 5.30. The number of halogens is 1. The molecular weight excluding hydrogens is 274 g/mol. The van der Waals surface area contributed by atoms with Gasteiger partial charge in [0.2, 0.25) is 0 Å². The first-order valence-corrected chi connectivity index (χ1v) is 7.45. The van der Waals surface area contributed by atoms with Crippen LogP contribution in [0.5, 0.6) is 0 Å². The molecule has 0 bridgehead atoms. The topological polar surface area (TPSA) is 51.0 Å². The maximum Gasteiger partial charge on any atom is 0.259 e. The molecule has 1 aliphatic heterocycles. The van der Waals surface area contributed by atoms with Gasteiger partial charge >= 0.3 is 0 Å². The first-order chi connectivity index (χ1) is 9.74. The van der Waals surface area contributed by atoms with E-state index in [2.05, 4.69) is 15.5 Å². The van der Waals surface area contributed by atoms with Crippen LogP contribution < -0.4 is 5.32 Å². The number of nitrogens with zero attached hydrogens (tertiary/aromatic N) is 2. The molecule has 1 aliphatic rings. The van der Waals surface area contributed by atoms with Gasteiger partial charge in [0.15, 0.2) is 5.82 Å². The maximum absolute atomic E-state index is 6.24. The summed E-state index contributed by atoms with van der Waals surface area (Å²) < 4.78 is 5.38. The van der Waals surface area contributed by atoms with Crippen molar-refractivity contribution in [2.24, 2.45) is 0 Å². The van der Waals surface area contributed by atoms with Gasteiger partial charge < -0.3 is 9.84 Å². The predicted molar refractivity (Wildman–Crippen MR) is 78.7 cm³/mol. The molecule has 2 aromatic rings. The summed E-state index contributed by atoms with van der Waals surface area (Å²) in [6.07, 6.45) is 4.73. The summed E-state index contributed by atoms with van der Waals surface area (Å²) in [5.41, 5.74) is 1.91. The normalized spacial score (nSPS) is 19.8. The summed E-state index contributed by atoms with van der Waals surface area (Å²) in [5.74, 6) is 1.23. The minimum absolute atomic E-state index is 0.194. The largest absolute Gasteiger partial charge is 0.334 e. The second kappa shape index (κ2) is 5.94. The predicted octanol–water partition coefficient (Wildman–Crippen LogP) is 3.90. The average Bonchev–Trinajstić information content (AvgIpc) is 2.74. The molecule has 1 atom stereocenters. The Kier molecular flexibility index (Phi) is 4.03. The lowest BCUT2D eigenvalue weighted by molar-refractivity contribution is 0.402. The number of rotatable bonds is 2. The molecule has 1 unspecified atom stereocenters. The van der Waals surface area contributed by atoms with Crippen LogP contribution >= 0.6 is 11.6 Å². The van der Waals surface area contributed by atoms with E-state index < -0.39 is 0 Å². The Hall–Kier alpha value is -1.39. The van der Waals surface area contributed by atoms with E-state index in [0.717, 1.165) is 29.9 Å². The number of hydrogen-bond acceptors (Lipinski definition) is 4. The van der Waals surface area contributed by atoms with Gasteiger partial charge in [-0.25, -0.2) is 0 Å². The zero-order valence-electron chi connectivity index (χ0n) is 11.5. The number of benzene rings is 1. The molecule has 4 nitrogen and oxygen atoms in total. The van der Waals surface area contributed by atoms with Crippen LogP contribution in [-0.4, -0.2) is 16.7 Å². The number of aryl methyl sites for hydroxylation is 1.